The molecular weight excluding hydrogens is 431 g/mol. The normalized spacial score (nSPS) is 24.7. The first-order valence-electron chi connectivity index (χ1n) is 7.89. The summed E-state index contributed by atoms with van der Waals surface area (Å²) in [6.07, 6.45) is 0.848. The van der Waals surface area contributed by atoms with Gasteiger partial charge in [0.25, 0.3) is 0 Å². The van der Waals surface area contributed by atoms with Crippen LogP contribution in [0.2, 0.25) is 0 Å². The van der Waals surface area contributed by atoms with Crippen molar-refractivity contribution in [2.24, 2.45) is 4.99 Å². The van der Waals surface area contributed by atoms with Crippen molar-refractivity contribution in [3.05, 3.63) is 0 Å². The Morgan fingerprint density at radius 1 is 1.35 bits per heavy atom. The van der Waals surface area contributed by atoms with Gasteiger partial charge in [0.05, 0.1) is 18.0 Å². The Balaban J connectivity index is 0.00000484. The molecule has 1 aliphatic heterocycles. The maximum Gasteiger partial charge on any atom is 0.216 e. The lowest BCUT2D eigenvalue weighted by Gasteiger charge is -2.34. The molecule has 0 saturated carbocycles. The molecule has 138 valence electrons. The number of rotatable bonds is 6. The quantitative estimate of drug-likeness (QED) is 0.350. The lowest BCUT2D eigenvalue weighted by Crippen LogP contribution is -2.50. The van der Waals surface area contributed by atoms with E-state index >= 15 is 0 Å². The van der Waals surface area contributed by atoms with Crippen LogP contribution in [-0.4, -0.2) is 69.4 Å². The summed E-state index contributed by atoms with van der Waals surface area (Å²) >= 11 is 0. The van der Waals surface area contributed by atoms with E-state index in [4.69, 9.17) is 4.74 Å². The van der Waals surface area contributed by atoms with Crippen LogP contribution < -0.4 is 10.6 Å². The molecule has 0 bridgehead atoms. The molecule has 7 nitrogen and oxygen atoms in total. The van der Waals surface area contributed by atoms with Gasteiger partial charge in [-0.05, 0) is 27.2 Å². The average molecular weight is 462 g/mol. The van der Waals surface area contributed by atoms with E-state index in [-0.39, 0.29) is 41.9 Å². The van der Waals surface area contributed by atoms with Crippen molar-refractivity contribution in [2.75, 3.05) is 32.4 Å². The molecule has 0 aromatic rings. The van der Waals surface area contributed by atoms with Crippen molar-refractivity contribution in [3.63, 3.8) is 0 Å². The highest BCUT2D eigenvalue weighted by molar-refractivity contribution is 14.0. The van der Waals surface area contributed by atoms with Crippen LogP contribution in [-0.2, 0) is 14.8 Å². The van der Waals surface area contributed by atoms with E-state index in [1.54, 1.807) is 7.05 Å². The number of ether oxygens (including phenoxy) is 1. The predicted octanol–water partition coefficient (Wildman–Crippen LogP) is 1.01. The fraction of sp³-hybridized carbons (Fsp3) is 0.929. The molecule has 2 N–H and O–H groups in total. The topological polar surface area (TPSA) is 83.0 Å². The van der Waals surface area contributed by atoms with Crippen LogP contribution >= 0.6 is 24.0 Å². The Bertz CT molecular complexity index is 463. The monoisotopic (exact) mass is 462 g/mol. The van der Waals surface area contributed by atoms with Gasteiger partial charge in [0, 0.05) is 32.7 Å². The second-order valence-electron chi connectivity index (χ2n) is 5.84. The smallest absolute Gasteiger partial charge is 0.216 e. The van der Waals surface area contributed by atoms with Crippen LogP contribution in [0.1, 0.15) is 34.1 Å². The highest BCUT2D eigenvalue weighted by Crippen LogP contribution is 2.14. The number of sulfonamides is 1. The minimum Gasteiger partial charge on any atom is -0.373 e. The number of morpholine rings is 1. The van der Waals surface area contributed by atoms with Gasteiger partial charge >= 0.3 is 0 Å². The third kappa shape index (κ3) is 7.99. The molecule has 1 heterocycles. The summed E-state index contributed by atoms with van der Waals surface area (Å²) in [4.78, 5) is 4.10. The van der Waals surface area contributed by atoms with E-state index in [1.807, 2.05) is 13.8 Å². The molecule has 1 aliphatic rings. The van der Waals surface area contributed by atoms with Gasteiger partial charge in [-0.1, -0.05) is 6.92 Å². The van der Waals surface area contributed by atoms with Crippen molar-refractivity contribution in [2.45, 2.75) is 52.4 Å². The van der Waals surface area contributed by atoms with Crippen molar-refractivity contribution >= 4 is 40.0 Å². The van der Waals surface area contributed by atoms with E-state index in [9.17, 15) is 8.42 Å². The van der Waals surface area contributed by atoms with Gasteiger partial charge < -0.3 is 15.4 Å². The van der Waals surface area contributed by atoms with Gasteiger partial charge in [0.2, 0.25) is 10.0 Å². The molecule has 0 aromatic heterocycles. The Kier molecular flexibility index (Phi) is 10.6. The SMILES string of the molecule is CCC(C)NC(=NC)NCCS(=O)(=O)N1CC(C)OC(C)C1.I. The Morgan fingerprint density at radius 2 is 1.91 bits per heavy atom. The Labute approximate surface area is 157 Å². The molecule has 0 amide bonds. The Morgan fingerprint density at radius 3 is 2.39 bits per heavy atom. The average Bonchev–Trinajstić information content (AvgIpc) is 2.44. The fourth-order valence-electron chi connectivity index (χ4n) is 2.32. The number of nitrogens with one attached hydrogen (secondary N) is 2. The van der Waals surface area contributed by atoms with Gasteiger partial charge in [0.15, 0.2) is 5.96 Å². The lowest BCUT2D eigenvalue weighted by molar-refractivity contribution is -0.0440. The molecule has 1 fully saturated rings. The van der Waals surface area contributed by atoms with E-state index < -0.39 is 10.0 Å². The summed E-state index contributed by atoms with van der Waals surface area (Å²) in [7, 11) is -1.60. The predicted molar refractivity (Wildman–Crippen MR) is 105 cm³/mol. The van der Waals surface area contributed by atoms with Crippen LogP contribution in [0.4, 0.5) is 0 Å². The first-order chi connectivity index (χ1) is 10.3. The molecule has 0 aliphatic carbocycles. The van der Waals surface area contributed by atoms with Gasteiger partial charge in [-0.15, -0.1) is 24.0 Å². The van der Waals surface area contributed by atoms with Crippen LogP contribution in [0.5, 0.6) is 0 Å². The second-order valence-corrected chi connectivity index (χ2v) is 7.93. The zero-order valence-electron chi connectivity index (χ0n) is 14.7. The standard InChI is InChI=1S/C14H30N4O3S.HI/c1-6-11(2)17-14(15-5)16-7-8-22(19,20)18-9-12(3)21-13(4)10-18;/h11-13H,6-10H2,1-5H3,(H2,15,16,17);1H. The fourth-order valence-corrected chi connectivity index (χ4v) is 3.81. The highest BCUT2D eigenvalue weighted by Gasteiger charge is 2.30. The summed E-state index contributed by atoms with van der Waals surface area (Å²) in [5, 5.41) is 6.26. The van der Waals surface area contributed by atoms with Crippen LogP contribution in [0.15, 0.2) is 4.99 Å². The number of guanidine groups is 1. The first kappa shape index (κ1) is 22.9. The first-order valence-corrected chi connectivity index (χ1v) is 9.49. The summed E-state index contributed by atoms with van der Waals surface area (Å²) in [5.41, 5.74) is 0. The van der Waals surface area contributed by atoms with Crippen LogP contribution in [0.3, 0.4) is 0 Å². The van der Waals surface area contributed by atoms with Gasteiger partial charge in [-0.3, -0.25) is 4.99 Å². The van der Waals surface area contributed by atoms with Crippen molar-refractivity contribution in [1.82, 2.24) is 14.9 Å². The summed E-state index contributed by atoms with van der Waals surface area (Å²) < 4.78 is 31.9. The van der Waals surface area contributed by atoms with Gasteiger partial charge in [-0.2, -0.15) is 4.31 Å². The molecule has 0 spiro atoms. The Hall–Kier alpha value is -0.130. The zero-order valence-corrected chi connectivity index (χ0v) is 17.9. The van der Waals surface area contributed by atoms with E-state index in [1.165, 1.54) is 4.31 Å². The largest absolute Gasteiger partial charge is 0.373 e. The summed E-state index contributed by atoms with van der Waals surface area (Å²) in [6, 6.07) is 0.295. The van der Waals surface area contributed by atoms with Gasteiger partial charge in [-0.25, -0.2) is 8.42 Å². The second kappa shape index (κ2) is 10.7. The number of aliphatic imine (C=N–C) groups is 1. The molecule has 1 rings (SSSR count). The third-order valence-electron chi connectivity index (χ3n) is 3.65. The maximum atomic E-state index is 12.4. The van der Waals surface area contributed by atoms with Crippen LogP contribution in [0, 0.1) is 0 Å². The number of hydrogen-bond donors (Lipinski definition) is 2. The molecule has 9 heteroatoms. The molecule has 23 heavy (non-hydrogen) atoms. The van der Waals surface area contributed by atoms with E-state index in [0.717, 1.165) is 6.42 Å². The van der Waals surface area contributed by atoms with Crippen molar-refractivity contribution < 1.29 is 13.2 Å². The summed E-state index contributed by atoms with van der Waals surface area (Å²) in [5.74, 6) is 0.682. The molecular formula is C14H31IN4O3S. The van der Waals surface area contributed by atoms with Crippen molar-refractivity contribution in [1.29, 1.82) is 0 Å². The van der Waals surface area contributed by atoms with E-state index in [0.29, 0.717) is 31.6 Å². The van der Waals surface area contributed by atoms with Crippen molar-refractivity contribution in [3.8, 4) is 0 Å². The number of nitrogens with zero attached hydrogens (tertiary/aromatic N) is 2. The minimum atomic E-state index is -3.28. The third-order valence-corrected chi connectivity index (χ3v) is 5.46. The number of halogens is 1. The van der Waals surface area contributed by atoms with E-state index in [2.05, 4.69) is 29.5 Å². The molecule has 3 unspecified atom stereocenters. The number of hydrogen-bond acceptors (Lipinski definition) is 4. The van der Waals surface area contributed by atoms with Gasteiger partial charge in [0.1, 0.15) is 0 Å². The molecule has 1 saturated heterocycles. The maximum absolute atomic E-state index is 12.4. The molecule has 0 radical (unpaired) electrons. The zero-order chi connectivity index (χ0) is 16.8. The molecule has 3 atom stereocenters. The minimum absolute atomic E-state index is 0. The molecule has 0 aromatic carbocycles. The highest BCUT2D eigenvalue weighted by atomic mass is 127. The summed E-state index contributed by atoms with van der Waals surface area (Å²) in [6.45, 7) is 9.11. The van der Waals surface area contributed by atoms with Crippen LogP contribution in [0.25, 0.3) is 0 Å². The lowest BCUT2D eigenvalue weighted by atomic mass is 10.3.